The molecule has 0 saturated heterocycles. The van der Waals surface area contributed by atoms with Crippen molar-refractivity contribution in [2.24, 2.45) is 0 Å². The lowest BCUT2D eigenvalue weighted by molar-refractivity contribution is -0.140. The fourth-order valence-electron chi connectivity index (χ4n) is 4.48. The lowest BCUT2D eigenvalue weighted by Crippen LogP contribution is -2.14. The Bertz CT molecular complexity index is 1420. The number of rotatable bonds is 6. The van der Waals surface area contributed by atoms with Gasteiger partial charge in [-0.25, -0.2) is 13.2 Å². The lowest BCUT2D eigenvalue weighted by atomic mass is 9.83. The molecule has 0 spiro atoms. The normalized spacial score (nSPS) is 15.4. The van der Waals surface area contributed by atoms with Crippen LogP contribution in [0.25, 0.3) is 0 Å². The van der Waals surface area contributed by atoms with E-state index in [9.17, 15) is 38.1 Å². The Hall–Kier alpha value is -4.12. The van der Waals surface area contributed by atoms with Crippen molar-refractivity contribution in [1.29, 1.82) is 0 Å². The molecule has 2 aromatic carbocycles. The van der Waals surface area contributed by atoms with Crippen molar-refractivity contribution in [2.75, 3.05) is 7.11 Å². The first kappa shape index (κ1) is 26.0. The first-order chi connectivity index (χ1) is 17.5. The molecule has 1 aliphatic heterocycles. The number of Topliss-reactive ketones (excluding diaryl/α,β-unsaturated/α-hetero) is 1. The quantitative estimate of drug-likeness (QED) is 0.249. The molecule has 0 unspecified atom stereocenters. The maximum Gasteiger partial charge on any atom is 0.306 e. The maximum atomic E-state index is 14.2. The molecular formula is C26H22F3NO7. The second-order valence-electron chi connectivity index (χ2n) is 8.63. The molecule has 3 aromatic rings. The van der Waals surface area contributed by atoms with E-state index in [1.54, 1.807) is 6.92 Å². The highest BCUT2D eigenvalue weighted by atomic mass is 19.2. The summed E-state index contributed by atoms with van der Waals surface area (Å²) in [5.74, 6) is -9.47. The largest absolute Gasteiger partial charge is 0.507 e. The number of ketones is 1. The van der Waals surface area contributed by atoms with Crippen molar-refractivity contribution in [3.63, 3.8) is 0 Å². The summed E-state index contributed by atoms with van der Waals surface area (Å²) < 4.78 is 52.4. The molecule has 2 heterocycles. The van der Waals surface area contributed by atoms with Gasteiger partial charge in [0, 0.05) is 34.4 Å². The Labute approximate surface area is 208 Å². The molecule has 0 bridgehead atoms. The van der Waals surface area contributed by atoms with Crippen LogP contribution >= 0.6 is 0 Å². The SMILES string of the molecule is COC(=O)C[C@@H](c1cc(F)c(F)c(F)c1)c1c(O)c(C(C)=O)cc([C@@H]2OCc3cnc(C)c(O)c32)c1O. The molecule has 3 N–H and O–H groups in total. The van der Waals surface area contributed by atoms with Gasteiger partial charge in [-0.1, -0.05) is 0 Å². The number of pyridine rings is 1. The predicted octanol–water partition coefficient (Wildman–Crippen LogP) is 4.44. The van der Waals surface area contributed by atoms with Crippen LogP contribution in [-0.4, -0.2) is 39.2 Å². The highest BCUT2D eigenvalue weighted by molar-refractivity contribution is 5.98. The number of benzene rings is 2. The third-order valence-corrected chi connectivity index (χ3v) is 6.38. The molecule has 2 atom stereocenters. The number of phenols is 2. The number of fused-ring (bicyclic) bond motifs is 1. The second kappa shape index (κ2) is 9.74. The van der Waals surface area contributed by atoms with Crippen molar-refractivity contribution >= 4 is 11.8 Å². The van der Waals surface area contributed by atoms with Crippen molar-refractivity contribution in [3.8, 4) is 17.2 Å². The number of nitrogens with zero attached hydrogens (tertiary/aromatic N) is 1. The van der Waals surface area contributed by atoms with Gasteiger partial charge in [0.1, 0.15) is 23.4 Å². The van der Waals surface area contributed by atoms with E-state index in [1.807, 2.05) is 0 Å². The van der Waals surface area contributed by atoms with E-state index in [-0.39, 0.29) is 40.3 Å². The number of ether oxygens (including phenoxy) is 2. The Morgan fingerprint density at radius 3 is 2.35 bits per heavy atom. The van der Waals surface area contributed by atoms with Crippen molar-refractivity contribution in [2.45, 2.75) is 38.9 Å². The van der Waals surface area contributed by atoms with E-state index in [4.69, 9.17) is 4.74 Å². The Morgan fingerprint density at radius 2 is 1.76 bits per heavy atom. The van der Waals surface area contributed by atoms with Gasteiger partial charge in [-0.3, -0.25) is 14.6 Å². The number of methoxy groups -OCH3 is 1. The summed E-state index contributed by atoms with van der Waals surface area (Å²) in [6.45, 7) is 2.70. The molecule has 11 heteroatoms. The summed E-state index contributed by atoms with van der Waals surface area (Å²) in [4.78, 5) is 28.8. The van der Waals surface area contributed by atoms with Crippen LogP contribution in [0.4, 0.5) is 13.2 Å². The van der Waals surface area contributed by atoms with Crippen LogP contribution < -0.4 is 0 Å². The number of hydrogen-bond acceptors (Lipinski definition) is 8. The number of carbonyl (C=O) groups is 2. The molecule has 0 saturated carbocycles. The number of halogens is 3. The van der Waals surface area contributed by atoms with Crippen LogP contribution in [0.3, 0.4) is 0 Å². The van der Waals surface area contributed by atoms with Crippen LogP contribution in [0.1, 0.15) is 69.2 Å². The maximum absolute atomic E-state index is 14.2. The van der Waals surface area contributed by atoms with E-state index in [1.165, 1.54) is 12.3 Å². The fourth-order valence-corrected chi connectivity index (χ4v) is 4.48. The molecule has 0 fully saturated rings. The third-order valence-electron chi connectivity index (χ3n) is 6.38. The molecule has 194 valence electrons. The van der Waals surface area contributed by atoms with Gasteiger partial charge in [0.25, 0.3) is 0 Å². The molecule has 1 aliphatic rings. The van der Waals surface area contributed by atoms with E-state index < -0.39 is 64.7 Å². The lowest BCUT2D eigenvalue weighted by Gasteiger charge is -2.24. The van der Waals surface area contributed by atoms with Crippen LogP contribution in [0, 0.1) is 24.4 Å². The molecule has 4 rings (SSSR count). The number of aromatic nitrogens is 1. The number of phenolic OH excluding ortho intramolecular Hbond substituents is 2. The minimum atomic E-state index is -1.75. The molecular weight excluding hydrogens is 495 g/mol. The van der Waals surface area contributed by atoms with Crippen LogP contribution in [0.15, 0.2) is 24.4 Å². The monoisotopic (exact) mass is 517 g/mol. The zero-order valence-electron chi connectivity index (χ0n) is 19.9. The number of aryl methyl sites for hydroxylation is 1. The third kappa shape index (κ3) is 4.46. The number of esters is 1. The van der Waals surface area contributed by atoms with Crippen LogP contribution in [0.5, 0.6) is 17.2 Å². The highest BCUT2D eigenvalue weighted by Gasteiger charge is 2.36. The van der Waals surface area contributed by atoms with E-state index in [0.717, 1.165) is 14.0 Å². The number of carbonyl (C=O) groups excluding carboxylic acids is 2. The number of hydrogen-bond donors (Lipinski definition) is 3. The number of aromatic hydroxyl groups is 3. The molecule has 0 aliphatic carbocycles. The average molecular weight is 517 g/mol. The fraction of sp³-hybridized carbons (Fsp3) is 0.269. The van der Waals surface area contributed by atoms with Crippen LogP contribution in [0.2, 0.25) is 0 Å². The van der Waals surface area contributed by atoms with Gasteiger partial charge in [-0.2, -0.15) is 0 Å². The molecule has 1 aromatic heterocycles. The summed E-state index contributed by atoms with van der Waals surface area (Å²) in [5.41, 5.74) is -0.0212. The zero-order chi connectivity index (χ0) is 27.2. The molecule has 0 amide bonds. The topological polar surface area (TPSA) is 126 Å². The highest BCUT2D eigenvalue weighted by Crippen LogP contribution is 2.50. The Kier molecular flexibility index (Phi) is 6.83. The Balaban J connectivity index is 2.01. The van der Waals surface area contributed by atoms with E-state index in [0.29, 0.717) is 17.7 Å². The van der Waals surface area contributed by atoms with Crippen molar-refractivity contribution in [1.82, 2.24) is 4.98 Å². The van der Waals surface area contributed by atoms with E-state index in [2.05, 4.69) is 9.72 Å². The van der Waals surface area contributed by atoms with Gasteiger partial charge in [-0.15, -0.1) is 0 Å². The summed E-state index contributed by atoms with van der Waals surface area (Å²) >= 11 is 0. The standard InChI is InChI=1S/C26H22F3NO7/c1-10-23(33)20-13(8-30-10)9-37-26(20)16-6-14(11(2)31)24(34)21(25(16)35)15(7-19(32)36-3)12-4-17(27)22(29)18(28)5-12/h4-6,8,15,26,33-35H,7,9H2,1-3H3/t15-,26-/m0/s1. The van der Waals surface area contributed by atoms with Gasteiger partial charge in [0.05, 0.1) is 31.4 Å². The van der Waals surface area contributed by atoms with Crippen molar-refractivity contribution < 1.29 is 47.6 Å². The summed E-state index contributed by atoms with van der Waals surface area (Å²) in [7, 11) is 1.06. The first-order valence-electron chi connectivity index (χ1n) is 11.1. The smallest absolute Gasteiger partial charge is 0.306 e. The zero-order valence-corrected chi connectivity index (χ0v) is 19.9. The summed E-state index contributed by atoms with van der Waals surface area (Å²) in [6, 6.07) is 2.41. The predicted molar refractivity (Wildman–Crippen MR) is 122 cm³/mol. The molecule has 0 radical (unpaired) electrons. The minimum Gasteiger partial charge on any atom is -0.507 e. The first-order valence-corrected chi connectivity index (χ1v) is 11.1. The average Bonchev–Trinajstić information content (AvgIpc) is 3.28. The van der Waals surface area contributed by atoms with Gasteiger partial charge in [0.15, 0.2) is 23.2 Å². The minimum absolute atomic E-state index is 0.00582. The summed E-state index contributed by atoms with van der Waals surface area (Å²) in [5, 5.41) is 33.0. The van der Waals surface area contributed by atoms with Crippen LogP contribution in [-0.2, 0) is 20.9 Å². The summed E-state index contributed by atoms with van der Waals surface area (Å²) in [6.07, 6.45) is -0.271. The van der Waals surface area contributed by atoms with Crippen molar-refractivity contribution in [3.05, 3.63) is 80.9 Å². The van der Waals surface area contributed by atoms with Gasteiger partial charge in [-0.05, 0) is 37.6 Å². The second-order valence-corrected chi connectivity index (χ2v) is 8.63. The van der Waals surface area contributed by atoms with Gasteiger partial charge in [0.2, 0.25) is 0 Å². The molecule has 37 heavy (non-hydrogen) atoms. The van der Waals surface area contributed by atoms with E-state index >= 15 is 0 Å². The van der Waals surface area contributed by atoms with Gasteiger partial charge < -0.3 is 24.8 Å². The van der Waals surface area contributed by atoms with Gasteiger partial charge >= 0.3 is 5.97 Å². The molecule has 8 nitrogen and oxygen atoms in total. The Morgan fingerprint density at radius 1 is 1.11 bits per heavy atom.